The smallest absolute Gasteiger partial charge is 0.339 e. The van der Waals surface area contributed by atoms with Gasteiger partial charge in [0.1, 0.15) is 17.4 Å². The summed E-state index contributed by atoms with van der Waals surface area (Å²) in [4.78, 5) is 46.2. The summed E-state index contributed by atoms with van der Waals surface area (Å²) >= 11 is 0. The van der Waals surface area contributed by atoms with Crippen molar-refractivity contribution in [1.82, 2.24) is 10.6 Å². The average Bonchev–Trinajstić information content (AvgIpc) is 2.64. The molecule has 154 valence electrons. The molecule has 0 aromatic heterocycles. The highest BCUT2D eigenvalue weighted by molar-refractivity contribution is 5.91. The summed E-state index contributed by atoms with van der Waals surface area (Å²) in [5, 5.41) is 32.6. The molecule has 28 heavy (non-hydrogen) atoms. The van der Waals surface area contributed by atoms with Gasteiger partial charge in [-0.15, -0.1) is 0 Å². The lowest BCUT2D eigenvalue weighted by Gasteiger charge is -2.19. The molecule has 1 aromatic rings. The average molecular weight is 394 g/mol. The van der Waals surface area contributed by atoms with Crippen LogP contribution in [0.15, 0.2) is 18.2 Å². The van der Waals surface area contributed by atoms with E-state index in [1.807, 2.05) is 6.92 Å². The van der Waals surface area contributed by atoms with Gasteiger partial charge in [0, 0.05) is 19.4 Å². The van der Waals surface area contributed by atoms with E-state index < -0.39 is 35.5 Å². The van der Waals surface area contributed by atoms with Crippen LogP contribution in [-0.4, -0.2) is 51.7 Å². The third kappa shape index (κ3) is 8.07. The van der Waals surface area contributed by atoms with E-state index in [1.165, 1.54) is 18.2 Å². The van der Waals surface area contributed by atoms with Crippen LogP contribution in [0, 0.1) is 0 Å². The molecule has 0 unspecified atom stereocenters. The molecular formula is C19H26N2O7. The second kappa shape index (κ2) is 11.6. The molecule has 0 fully saturated rings. The van der Waals surface area contributed by atoms with E-state index in [0.717, 1.165) is 19.3 Å². The monoisotopic (exact) mass is 394 g/mol. The number of rotatable bonds is 12. The molecule has 0 saturated heterocycles. The minimum atomic E-state index is -1.31. The maximum Gasteiger partial charge on any atom is 0.339 e. The van der Waals surface area contributed by atoms with E-state index in [2.05, 4.69) is 10.6 Å². The number of hydrogen-bond donors (Lipinski definition) is 5. The highest BCUT2D eigenvalue weighted by Gasteiger charge is 2.22. The van der Waals surface area contributed by atoms with Gasteiger partial charge < -0.3 is 26.0 Å². The first-order valence-corrected chi connectivity index (χ1v) is 9.08. The number of carboxylic acid groups (broad SMARTS) is 2. The third-order valence-electron chi connectivity index (χ3n) is 4.03. The molecule has 0 radical (unpaired) electrons. The van der Waals surface area contributed by atoms with Gasteiger partial charge in [-0.3, -0.25) is 14.4 Å². The Labute approximate surface area is 162 Å². The zero-order valence-corrected chi connectivity index (χ0v) is 15.7. The number of carboxylic acids is 2. The van der Waals surface area contributed by atoms with Gasteiger partial charge in [0.15, 0.2) is 0 Å². The van der Waals surface area contributed by atoms with Crippen molar-refractivity contribution in [3.63, 3.8) is 0 Å². The Balaban J connectivity index is 2.88. The van der Waals surface area contributed by atoms with Crippen molar-refractivity contribution in [2.24, 2.45) is 0 Å². The van der Waals surface area contributed by atoms with Gasteiger partial charge in [-0.1, -0.05) is 25.8 Å². The summed E-state index contributed by atoms with van der Waals surface area (Å²) in [5.74, 6) is -3.87. The van der Waals surface area contributed by atoms with Crippen LogP contribution in [0.5, 0.6) is 5.75 Å². The lowest BCUT2D eigenvalue weighted by Crippen LogP contribution is -2.48. The van der Waals surface area contributed by atoms with Crippen molar-refractivity contribution in [3.8, 4) is 5.75 Å². The van der Waals surface area contributed by atoms with Gasteiger partial charge in [-0.2, -0.15) is 0 Å². The number of aromatic carboxylic acids is 1. The maximum atomic E-state index is 12.5. The second-order valence-corrected chi connectivity index (χ2v) is 6.37. The number of unbranched alkanes of at least 4 members (excludes halogenated alkanes) is 2. The van der Waals surface area contributed by atoms with Crippen molar-refractivity contribution in [2.45, 2.75) is 51.5 Å². The first kappa shape index (κ1) is 22.9. The molecule has 0 bridgehead atoms. The van der Waals surface area contributed by atoms with Crippen LogP contribution in [0.1, 0.15) is 54.9 Å². The van der Waals surface area contributed by atoms with Crippen LogP contribution < -0.4 is 10.6 Å². The molecule has 9 heteroatoms. The van der Waals surface area contributed by atoms with E-state index in [1.54, 1.807) is 0 Å². The van der Waals surface area contributed by atoms with Gasteiger partial charge in [0.05, 0.1) is 6.42 Å². The molecule has 0 aliphatic rings. The zero-order chi connectivity index (χ0) is 21.1. The summed E-state index contributed by atoms with van der Waals surface area (Å²) in [7, 11) is 0. The molecule has 0 aliphatic carbocycles. The van der Waals surface area contributed by atoms with E-state index in [-0.39, 0.29) is 24.8 Å². The predicted molar refractivity (Wildman–Crippen MR) is 100 cm³/mol. The number of aromatic hydroxyl groups is 1. The number of nitrogens with one attached hydrogen (secondary N) is 2. The summed E-state index contributed by atoms with van der Waals surface area (Å²) < 4.78 is 0. The van der Waals surface area contributed by atoms with Gasteiger partial charge in [0.25, 0.3) is 0 Å². The Morgan fingerprint density at radius 3 is 2.39 bits per heavy atom. The van der Waals surface area contributed by atoms with Crippen LogP contribution in [-0.2, 0) is 20.8 Å². The highest BCUT2D eigenvalue weighted by Crippen LogP contribution is 2.19. The van der Waals surface area contributed by atoms with E-state index in [0.29, 0.717) is 12.1 Å². The Kier molecular flexibility index (Phi) is 9.49. The quantitative estimate of drug-likeness (QED) is 0.335. The Morgan fingerprint density at radius 2 is 1.79 bits per heavy atom. The number of carbonyl (C=O) groups excluding carboxylic acids is 2. The van der Waals surface area contributed by atoms with E-state index in [4.69, 9.17) is 10.2 Å². The van der Waals surface area contributed by atoms with Crippen molar-refractivity contribution in [2.75, 3.05) is 6.54 Å². The number of phenols is 1. The van der Waals surface area contributed by atoms with Crippen molar-refractivity contribution in [3.05, 3.63) is 29.3 Å². The predicted octanol–water partition coefficient (Wildman–Crippen LogP) is 1.29. The molecule has 0 saturated carbocycles. The van der Waals surface area contributed by atoms with Gasteiger partial charge >= 0.3 is 11.9 Å². The van der Waals surface area contributed by atoms with Gasteiger partial charge in [0.2, 0.25) is 11.8 Å². The van der Waals surface area contributed by atoms with Gasteiger partial charge in [-0.05, 0) is 24.1 Å². The Morgan fingerprint density at radius 1 is 1.07 bits per heavy atom. The molecule has 0 heterocycles. The molecule has 0 aliphatic heterocycles. The van der Waals surface area contributed by atoms with Gasteiger partial charge in [-0.25, -0.2) is 4.79 Å². The fraction of sp³-hybridized carbons (Fsp3) is 0.474. The summed E-state index contributed by atoms with van der Waals surface area (Å²) in [5.41, 5.74) is 0.124. The molecular weight excluding hydrogens is 368 g/mol. The second-order valence-electron chi connectivity index (χ2n) is 6.37. The lowest BCUT2D eigenvalue weighted by atomic mass is 10.0. The number of amides is 2. The van der Waals surface area contributed by atoms with E-state index in [9.17, 15) is 24.3 Å². The first-order valence-electron chi connectivity index (χ1n) is 9.08. The number of aliphatic carboxylic acids is 1. The largest absolute Gasteiger partial charge is 0.507 e. The van der Waals surface area contributed by atoms with Crippen LogP contribution in [0.25, 0.3) is 0 Å². The van der Waals surface area contributed by atoms with Crippen LogP contribution >= 0.6 is 0 Å². The van der Waals surface area contributed by atoms with Crippen LogP contribution in [0.2, 0.25) is 0 Å². The molecule has 1 rings (SSSR count). The SMILES string of the molecule is CCCCCNC(=O)[C@H](Cc1ccc(O)c(C(=O)O)c1)NC(=O)CCC(=O)O. The molecule has 5 N–H and O–H groups in total. The molecule has 2 amide bonds. The minimum Gasteiger partial charge on any atom is -0.507 e. The minimum absolute atomic E-state index is 0.00101. The fourth-order valence-corrected chi connectivity index (χ4v) is 2.52. The summed E-state index contributed by atoms with van der Waals surface area (Å²) in [6, 6.07) is 2.91. The number of hydrogen-bond acceptors (Lipinski definition) is 5. The van der Waals surface area contributed by atoms with Crippen molar-refractivity contribution >= 4 is 23.8 Å². The molecule has 1 aromatic carbocycles. The third-order valence-corrected chi connectivity index (χ3v) is 4.03. The molecule has 0 spiro atoms. The van der Waals surface area contributed by atoms with Crippen LogP contribution in [0.4, 0.5) is 0 Å². The van der Waals surface area contributed by atoms with Crippen molar-refractivity contribution < 1.29 is 34.5 Å². The van der Waals surface area contributed by atoms with E-state index >= 15 is 0 Å². The molecule has 1 atom stereocenters. The lowest BCUT2D eigenvalue weighted by molar-refractivity contribution is -0.139. The van der Waals surface area contributed by atoms with Crippen LogP contribution in [0.3, 0.4) is 0 Å². The fourth-order valence-electron chi connectivity index (χ4n) is 2.52. The molecule has 9 nitrogen and oxygen atoms in total. The standard InChI is InChI=1S/C19H26N2O7/c1-2-3-4-9-20-18(26)14(21-16(23)7-8-17(24)25)11-12-5-6-15(22)13(10-12)19(27)28/h5-6,10,14,22H,2-4,7-9,11H2,1H3,(H,20,26)(H,21,23)(H,24,25)(H,27,28)/t14-/m0/s1. The van der Waals surface area contributed by atoms with Crippen molar-refractivity contribution in [1.29, 1.82) is 0 Å². The number of benzene rings is 1. The highest BCUT2D eigenvalue weighted by atomic mass is 16.4. The summed E-state index contributed by atoms with van der Waals surface area (Å²) in [6.45, 7) is 2.46. The number of carbonyl (C=O) groups is 4. The first-order chi connectivity index (χ1) is 13.2. The zero-order valence-electron chi connectivity index (χ0n) is 15.7. The summed E-state index contributed by atoms with van der Waals surface area (Å²) in [6.07, 6.45) is 2.07. The normalized spacial score (nSPS) is 11.5. The topological polar surface area (TPSA) is 153 Å². The Hall–Kier alpha value is -3.10. The maximum absolute atomic E-state index is 12.5. The Bertz CT molecular complexity index is 718.